The van der Waals surface area contributed by atoms with E-state index in [1.807, 2.05) is 25.1 Å². The first kappa shape index (κ1) is 12.5. The average molecular weight is 242 g/mol. The number of ketones is 1. The quantitative estimate of drug-likeness (QED) is 0.729. The predicted octanol–water partition coefficient (Wildman–Crippen LogP) is 4.39. The summed E-state index contributed by atoms with van der Waals surface area (Å²) < 4.78 is 13.5. The number of rotatable bonds is 3. The topological polar surface area (TPSA) is 17.1 Å². The lowest BCUT2D eigenvalue weighted by atomic mass is 9.98. The molecule has 0 N–H and O–H groups in total. The Kier molecular flexibility index (Phi) is 3.56. The Morgan fingerprint density at radius 3 is 2.39 bits per heavy atom. The van der Waals surface area contributed by atoms with Crippen LogP contribution < -0.4 is 0 Å². The Bertz CT molecular complexity index is 570. The normalized spacial score (nSPS) is 10.4. The van der Waals surface area contributed by atoms with E-state index in [1.165, 1.54) is 6.07 Å². The maximum absolute atomic E-state index is 13.5. The molecule has 0 saturated heterocycles. The minimum atomic E-state index is -0.207. The monoisotopic (exact) mass is 242 g/mol. The number of hydrogen-bond donors (Lipinski definition) is 0. The van der Waals surface area contributed by atoms with Gasteiger partial charge in [-0.15, -0.1) is 0 Å². The molecular weight excluding hydrogens is 227 g/mol. The fraction of sp³-hybridized carbons (Fsp3) is 0.188. The summed E-state index contributed by atoms with van der Waals surface area (Å²) >= 11 is 0. The van der Waals surface area contributed by atoms with Gasteiger partial charge < -0.3 is 0 Å². The van der Waals surface area contributed by atoms with Crippen LogP contribution in [0.1, 0.15) is 29.3 Å². The highest BCUT2D eigenvalue weighted by atomic mass is 19.1. The van der Waals surface area contributed by atoms with Crippen LogP contribution in [-0.2, 0) is 0 Å². The van der Waals surface area contributed by atoms with Gasteiger partial charge in [0.2, 0.25) is 0 Å². The molecule has 0 saturated carbocycles. The van der Waals surface area contributed by atoms with Crippen LogP contribution in [0.25, 0.3) is 11.1 Å². The van der Waals surface area contributed by atoms with Crippen molar-refractivity contribution in [1.29, 1.82) is 0 Å². The number of carbonyl (C=O) groups excluding carboxylic acids is 1. The number of halogens is 1. The summed E-state index contributed by atoms with van der Waals surface area (Å²) in [6.45, 7) is 3.60. The zero-order chi connectivity index (χ0) is 13.1. The number of benzene rings is 2. The van der Waals surface area contributed by atoms with Gasteiger partial charge in [-0.05, 0) is 29.7 Å². The van der Waals surface area contributed by atoms with Crippen LogP contribution in [-0.4, -0.2) is 5.78 Å². The van der Waals surface area contributed by atoms with Crippen molar-refractivity contribution in [3.8, 4) is 11.1 Å². The summed E-state index contributed by atoms with van der Waals surface area (Å²) in [6.07, 6.45) is 0.498. The smallest absolute Gasteiger partial charge is 0.162 e. The van der Waals surface area contributed by atoms with Crippen molar-refractivity contribution in [2.45, 2.75) is 20.3 Å². The molecule has 0 aliphatic heterocycles. The second-order valence-electron chi connectivity index (χ2n) is 4.27. The summed E-state index contributed by atoms with van der Waals surface area (Å²) in [7, 11) is 0. The predicted molar refractivity (Wildman–Crippen MR) is 71.2 cm³/mol. The Hall–Kier alpha value is -1.96. The molecule has 0 heterocycles. The lowest BCUT2D eigenvalue weighted by Crippen LogP contribution is -1.96. The lowest BCUT2D eigenvalue weighted by Gasteiger charge is -2.07. The summed E-state index contributed by atoms with van der Waals surface area (Å²) in [5.74, 6) is -0.0845. The first-order valence-electron chi connectivity index (χ1n) is 6.02. The molecule has 0 aliphatic carbocycles. The van der Waals surface area contributed by atoms with E-state index in [0.29, 0.717) is 17.5 Å². The van der Waals surface area contributed by atoms with E-state index < -0.39 is 0 Å². The van der Waals surface area contributed by atoms with Crippen molar-refractivity contribution in [1.82, 2.24) is 0 Å². The molecule has 2 aromatic carbocycles. The van der Waals surface area contributed by atoms with E-state index in [0.717, 1.165) is 11.1 Å². The van der Waals surface area contributed by atoms with Crippen molar-refractivity contribution in [3.63, 3.8) is 0 Å². The van der Waals surface area contributed by atoms with E-state index in [4.69, 9.17) is 0 Å². The third-order valence-corrected chi connectivity index (χ3v) is 3.11. The molecule has 0 amide bonds. The Labute approximate surface area is 106 Å². The first-order chi connectivity index (χ1) is 8.63. The molecule has 0 atom stereocenters. The average Bonchev–Trinajstić information content (AvgIpc) is 2.41. The number of hydrogen-bond acceptors (Lipinski definition) is 1. The Morgan fingerprint density at radius 2 is 1.78 bits per heavy atom. The lowest BCUT2D eigenvalue weighted by molar-refractivity contribution is 0.0988. The highest BCUT2D eigenvalue weighted by Gasteiger charge is 2.07. The fourth-order valence-corrected chi connectivity index (χ4v) is 1.96. The van der Waals surface area contributed by atoms with E-state index in [-0.39, 0.29) is 11.6 Å². The van der Waals surface area contributed by atoms with Gasteiger partial charge in [-0.1, -0.05) is 43.3 Å². The second-order valence-corrected chi connectivity index (χ2v) is 4.27. The summed E-state index contributed by atoms with van der Waals surface area (Å²) in [5, 5.41) is 0. The first-order valence-corrected chi connectivity index (χ1v) is 6.02. The van der Waals surface area contributed by atoms with Crippen LogP contribution >= 0.6 is 0 Å². The van der Waals surface area contributed by atoms with E-state index in [2.05, 4.69) is 0 Å². The molecule has 92 valence electrons. The standard InChI is InChI=1S/C16H15FO/c1-3-16(18)13-9-7-12(8-10-13)14-5-4-6-15(17)11(14)2/h4-10H,3H2,1-2H3. The van der Waals surface area contributed by atoms with Gasteiger partial charge in [0.25, 0.3) is 0 Å². The Morgan fingerprint density at radius 1 is 1.11 bits per heavy atom. The molecule has 0 unspecified atom stereocenters. The highest BCUT2D eigenvalue weighted by molar-refractivity contribution is 5.96. The number of Topliss-reactive ketones (excluding diaryl/α,β-unsaturated/α-hetero) is 1. The molecule has 1 nitrogen and oxygen atoms in total. The van der Waals surface area contributed by atoms with Crippen LogP contribution in [0.4, 0.5) is 4.39 Å². The van der Waals surface area contributed by atoms with Gasteiger partial charge in [0.1, 0.15) is 5.82 Å². The van der Waals surface area contributed by atoms with Gasteiger partial charge >= 0.3 is 0 Å². The Balaban J connectivity index is 2.40. The van der Waals surface area contributed by atoms with Crippen LogP contribution in [0.15, 0.2) is 42.5 Å². The van der Waals surface area contributed by atoms with E-state index in [9.17, 15) is 9.18 Å². The molecule has 0 aliphatic rings. The third-order valence-electron chi connectivity index (χ3n) is 3.11. The van der Waals surface area contributed by atoms with Crippen LogP contribution in [0.3, 0.4) is 0 Å². The van der Waals surface area contributed by atoms with Crippen LogP contribution in [0.2, 0.25) is 0 Å². The fourth-order valence-electron chi connectivity index (χ4n) is 1.96. The molecule has 0 spiro atoms. The van der Waals surface area contributed by atoms with E-state index in [1.54, 1.807) is 25.1 Å². The molecule has 0 fully saturated rings. The van der Waals surface area contributed by atoms with Crippen molar-refractivity contribution in [3.05, 3.63) is 59.4 Å². The zero-order valence-corrected chi connectivity index (χ0v) is 10.5. The molecule has 0 radical (unpaired) electrons. The molecule has 0 bridgehead atoms. The molecular formula is C16H15FO. The van der Waals surface area contributed by atoms with Crippen LogP contribution in [0, 0.1) is 12.7 Å². The van der Waals surface area contributed by atoms with Crippen molar-refractivity contribution < 1.29 is 9.18 Å². The van der Waals surface area contributed by atoms with E-state index >= 15 is 0 Å². The second kappa shape index (κ2) is 5.13. The molecule has 0 aromatic heterocycles. The summed E-state index contributed by atoms with van der Waals surface area (Å²) in [4.78, 5) is 11.5. The minimum Gasteiger partial charge on any atom is -0.294 e. The summed E-state index contributed by atoms with van der Waals surface area (Å²) in [5.41, 5.74) is 3.13. The molecule has 2 heteroatoms. The van der Waals surface area contributed by atoms with Gasteiger partial charge in [0.15, 0.2) is 5.78 Å². The minimum absolute atomic E-state index is 0.123. The largest absolute Gasteiger partial charge is 0.294 e. The highest BCUT2D eigenvalue weighted by Crippen LogP contribution is 2.25. The van der Waals surface area contributed by atoms with Crippen molar-refractivity contribution in [2.24, 2.45) is 0 Å². The van der Waals surface area contributed by atoms with Crippen LogP contribution in [0.5, 0.6) is 0 Å². The maximum Gasteiger partial charge on any atom is 0.162 e. The maximum atomic E-state index is 13.5. The zero-order valence-electron chi connectivity index (χ0n) is 10.5. The van der Waals surface area contributed by atoms with Gasteiger partial charge in [0.05, 0.1) is 0 Å². The third kappa shape index (κ3) is 2.33. The van der Waals surface area contributed by atoms with Crippen molar-refractivity contribution in [2.75, 3.05) is 0 Å². The molecule has 18 heavy (non-hydrogen) atoms. The van der Waals surface area contributed by atoms with Crippen molar-refractivity contribution >= 4 is 5.78 Å². The number of carbonyl (C=O) groups is 1. The van der Waals surface area contributed by atoms with Gasteiger partial charge in [-0.2, -0.15) is 0 Å². The molecule has 2 aromatic rings. The van der Waals surface area contributed by atoms with Gasteiger partial charge in [-0.25, -0.2) is 4.39 Å². The molecule has 2 rings (SSSR count). The summed E-state index contributed by atoms with van der Waals surface area (Å²) in [6, 6.07) is 12.4. The van der Waals surface area contributed by atoms with Gasteiger partial charge in [-0.3, -0.25) is 4.79 Å². The van der Waals surface area contributed by atoms with Gasteiger partial charge in [0, 0.05) is 12.0 Å². The SMILES string of the molecule is CCC(=O)c1ccc(-c2cccc(F)c2C)cc1.